The molecular formula is C14H16N2O3S. The number of ketones is 1. The first-order valence-corrected chi connectivity index (χ1v) is 6.99. The highest BCUT2D eigenvalue weighted by molar-refractivity contribution is 7.09. The number of nitrogens with two attached hydrogens (primary N) is 1. The van der Waals surface area contributed by atoms with Crippen molar-refractivity contribution in [2.75, 3.05) is 20.8 Å². The van der Waals surface area contributed by atoms with Crippen molar-refractivity contribution in [1.82, 2.24) is 4.98 Å². The second kappa shape index (κ2) is 6.49. The minimum atomic E-state index is -0.209. The lowest BCUT2D eigenvalue weighted by Gasteiger charge is -2.10. The van der Waals surface area contributed by atoms with Gasteiger partial charge >= 0.3 is 0 Å². The molecule has 0 unspecified atom stereocenters. The van der Waals surface area contributed by atoms with Crippen LogP contribution in [-0.2, 0) is 6.42 Å². The highest BCUT2D eigenvalue weighted by Crippen LogP contribution is 2.30. The number of hydrogen-bond donors (Lipinski definition) is 1. The van der Waals surface area contributed by atoms with Crippen molar-refractivity contribution < 1.29 is 14.3 Å². The van der Waals surface area contributed by atoms with Crippen LogP contribution in [0.5, 0.6) is 11.5 Å². The van der Waals surface area contributed by atoms with Crippen molar-refractivity contribution in [1.29, 1.82) is 0 Å². The van der Waals surface area contributed by atoms with E-state index in [1.807, 2.05) is 0 Å². The Balaban J connectivity index is 2.41. The minimum Gasteiger partial charge on any atom is -0.496 e. The topological polar surface area (TPSA) is 74.4 Å². The fourth-order valence-electron chi connectivity index (χ4n) is 1.86. The number of thiazole rings is 1. The SMILES string of the molecule is COc1cccc(OC)c1C(=O)c1csc(CCN)n1. The maximum Gasteiger partial charge on any atom is 0.219 e. The van der Waals surface area contributed by atoms with Crippen LogP contribution >= 0.6 is 11.3 Å². The molecule has 0 aliphatic carbocycles. The van der Waals surface area contributed by atoms with Crippen LogP contribution in [0.2, 0.25) is 0 Å². The normalized spacial score (nSPS) is 10.3. The zero-order valence-electron chi connectivity index (χ0n) is 11.4. The van der Waals surface area contributed by atoms with E-state index < -0.39 is 0 Å². The average molecular weight is 292 g/mol. The number of nitrogens with zero attached hydrogens (tertiary/aromatic N) is 1. The standard InChI is InChI=1S/C14H16N2O3S/c1-18-10-4-3-5-11(19-2)13(10)14(17)9-8-20-12(16-9)6-7-15/h3-5,8H,6-7,15H2,1-2H3. The first kappa shape index (κ1) is 14.5. The van der Waals surface area contributed by atoms with Crippen LogP contribution < -0.4 is 15.2 Å². The molecule has 0 bridgehead atoms. The Morgan fingerprint density at radius 2 is 1.95 bits per heavy atom. The largest absolute Gasteiger partial charge is 0.496 e. The molecule has 6 heteroatoms. The Hall–Kier alpha value is -1.92. The summed E-state index contributed by atoms with van der Waals surface area (Å²) in [6.07, 6.45) is 0.668. The van der Waals surface area contributed by atoms with Gasteiger partial charge in [0.25, 0.3) is 0 Å². The first-order valence-electron chi connectivity index (χ1n) is 6.11. The van der Waals surface area contributed by atoms with E-state index >= 15 is 0 Å². The molecule has 106 valence electrons. The van der Waals surface area contributed by atoms with E-state index in [9.17, 15) is 4.79 Å². The summed E-state index contributed by atoms with van der Waals surface area (Å²) >= 11 is 1.43. The molecule has 2 N–H and O–H groups in total. The van der Waals surface area contributed by atoms with E-state index in [4.69, 9.17) is 15.2 Å². The van der Waals surface area contributed by atoms with Crippen LogP contribution in [-0.4, -0.2) is 31.5 Å². The maximum atomic E-state index is 12.6. The van der Waals surface area contributed by atoms with E-state index in [1.54, 1.807) is 23.6 Å². The second-order valence-electron chi connectivity index (χ2n) is 4.03. The van der Waals surface area contributed by atoms with Gasteiger partial charge in [0.1, 0.15) is 22.8 Å². The summed E-state index contributed by atoms with van der Waals surface area (Å²) in [5.74, 6) is 0.740. The number of aromatic nitrogens is 1. The van der Waals surface area contributed by atoms with Gasteiger partial charge < -0.3 is 15.2 Å². The Morgan fingerprint density at radius 3 is 2.50 bits per heavy atom. The van der Waals surface area contributed by atoms with Crippen molar-refractivity contribution in [3.63, 3.8) is 0 Å². The van der Waals surface area contributed by atoms with Gasteiger partial charge in [-0.05, 0) is 18.7 Å². The second-order valence-corrected chi connectivity index (χ2v) is 4.97. The monoisotopic (exact) mass is 292 g/mol. The van der Waals surface area contributed by atoms with Crippen LogP contribution in [0.1, 0.15) is 21.1 Å². The molecule has 1 aromatic carbocycles. The van der Waals surface area contributed by atoms with Gasteiger partial charge in [0.2, 0.25) is 5.78 Å². The number of carbonyl (C=O) groups excluding carboxylic acids is 1. The minimum absolute atomic E-state index is 0.209. The lowest BCUT2D eigenvalue weighted by Crippen LogP contribution is -2.08. The van der Waals surface area contributed by atoms with Gasteiger partial charge in [-0.15, -0.1) is 11.3 Å². The smallest absolute Gasteiger partial charge is 0.219 e. The van der Waals surface area contributed by atoms with Crippen LogP contribution in [0.25, 0.3) is 0 Å². The van der Waals surface area contributed by atoms with Crippen molar-refractivity contribution >= 4 is 17.1 Å². The number of ether oxygens (including phenoxy) is 2. The lowest BCUT2D eigenvalue weighted by molar-refractivity contribution is 0.102. The summed E-state index contributed by atoms with van der Waals surface area (Å²) in [4.78, 5) is 16.9. The number of benzene rings is 1. The molecule has 0 aliphatic heterocycles. The quantitative estimate of drug-likeness (QED) is 0.823. The fourth-order valence-corrected chi connectivity index (χ4v) is 2.65. The molecule has 20 heavy (non-hydrogen) atoms. The number of hydrogen-bond acceptors (Lipinski definition) is 6. The van der Waals surface area contributed by atoms with E-state index in [1.165, 1.54) is 25.6 Å². The Morgan fingerprint density at radius 1 is 1.30 bits per heavy atom. The van der Waals surface area contributed by atoms with E-state index in [2.05, 4.69) is 4.98 Å². The molecule has 0 spiro atoms. The highest BCUT2D eigenvalue weighted by Gasteiger charge is 2.21. The van der Waals surface area contributed by atoms with Gasteiger partial charge in [0.15, 0.2) is 0 Å². The zero-order valence-corrected chi connectivity index (χ0v) is 12.2. The van der Waals surface area contributed by atoms with E-state index in [0.29, 0.717) is 35.7 Å². The number of rotatable bonds is 6. The summed E-state index contributed by atoms with van der Waals surface area (Å²) in [6.45, 7) is 0.513. The molecule has 0 atom stereocenters. The summed E-state index contributed by atoms with van der Waals surface area (Å²) in [5, 5.41) is 2.59. The molecule has 0 fully saturated rings. The van der Waals surface area contributed by atoms with Crippen LogP contribution in [0.15, 0.2) is 23.6 Å². The fraction of sp³-hybridized carbons (Fsp3) is 0.286. The summed E-state index contributed by atoms with van der Waals surface area (Å²) in [6, 6.07) is 5.22. The van der Waals surface area contributed by atoms with Gasteiger partial charge in [0, 0.05) is 11.8 Å². The lowest BCUT2D eigenvalue weighted by atomic mass is 10.1. The van der Waals surface area contributed by atoms with Gasteiger partial charge in [-0.2, -0.15) is 0 Å². The molecule has 0 saturated carbocycles. The van der Waals surface area contributed by atoms with Gasteiger partial charge in [-0.1, -0.05) is 6.07 Å². The Kier molecular flexibility index (Phi) is 4.70. The third-order valence-electron chi connectivity index (χ3n) is 2.80. The third-order valence-corrected chi connectivity index (χ3v) is 3.71. The maximum absolute atomic E-state index is 12.6. The molecule has 0 saturated heterocycles. The molecular weight excluding hydrogens is 276 g/mol. The molecule has 0 radical (unpaired) electrons. The van der Waals surface area contributed by atoms with Gasteiger partial charge in [-0.25, -0.2) is 4.98 Å². The predicted molar refractivity (Wildman–Crippen MR) is 77.9 cm³/mol. The van der Waals surface area contributed by atoms with Crippen LogP contribution in [0.3, 0.4) is 0 Å². The molecule has 1 heterocycles. The van der Waals surface area contributed by atoms with Crippen LogP contribution in [0, 0.1) is 0 Å². The van der Waals surface area contributed by atoms with Gasteiger partial charge in [0.05, 0.1) is 19.2 Å². The molecule has 0 aliphatic rings. The van der Waals surface area contributed by atoms with Crippen molar-refractivity contribution in [2.45, 2.75) is 6.42 Å². The third kappa shape index (κ3) is 2.81. The number of carbonyl (C=O) groups is 1. The van der Waals surface area contributed by atoms with E-state index in [0.717, 1.165) is 5.01 Å². The van der Waals surface area contributed by atoms with Crippen molar-refractivity contribution in [3.05, 3.63) is 39.8 Å². The number of methoxy groups -OCH3 is 2. The van der Waals surface area contributed by atoms with E-state index in [-0.39, 0.29) is 5.78 Å². The first-order chi connectivity index (χ1) is 9.71. The average Bonchev–Trinajstić information content (AvgIpc) is 2.94. The molecule has 2 aromatic rings. The zero-order chi connectivity index (χ0) is 14.5. The van der Waals surface area contributed by atoms with Crippen LogP contribution in [0.4, 0.5) is 0 Å². The van der Waals surface area contributed by atoms with Gasteiger partial charge in [-0.3, -0.25) is 4.79 Å². The summed E-state index contributed by atoms with van der Waals surface area (Å²) in [7, 11) is 3.04. The molecule has 0 amide bonds. The van der Waals surface area contributed by atoms with Crippen molar-refractivity contribution in [2.24, 2.45) is 5.73 Å². The predicted octanol–water partition coefficient (Wildman–Crippen LogP) is 1.89. The Bertz CT molecular complexity index is 588. The summed E-state index contributed by atoms with van der Waals surface area (Å²) < 4.78 is 10.5. The molecule has 2 rings (SSSR count). The Labute approximate surface area is 121 Å². The molecule has 1 aromatic heterocycles. The summed E-state index contributed by atoms with van der Waals surface area (Å²) in [5.41, 5.74) is 6.27. The highest BCUT2D eigenvalue weighted by atomic mass is 32.1. The van der Waals surface area contributed by atoms with Crippen molar-refractivity contribution in [3.8, 4) is 11.5 Å². The molecule has 5 nitrogen and oxygen atoms in total.